The quantitative estimate of drug-likeness (QED) is 0.0558. The lowest BCUT2D eigenvalue weighted by Crippen LogP contribution is -2.33. The molecule has 0 aliphatic rings. The van der Waals surface area contributed by atoms with Crippen LogP contribution in [-0.2, 0) is 13.1 Å². The molecule has 1 aromatic carbocycles. The first-order chi connectivity index (χ1) is 21.8. The summed E-state index contributed by atoms with van der Waals surface area (Å²) in [7, 11) is 0. The summed E-state index contributed by atoms with van der Waals surface area (Å²) < 4.78 is 4.89. The Morgan fingerprint density at radius 3 is 0.932 bits per heavy atom. The molecule has 2 N–H and O–H groups in total. The molecule has 3 rings (SSSR count). The Morgan fingerprint density at radius 1 is 0.364 bits per heavy atom. The van der Waals surface area contributed by atoms with E-state index < -0.39 is 0 Å². The van der Waals surface area contributed by atoms with Gasteiger partial charge in [0.05, 0.1) is 13.1 Å². The Bertz CT molecular complexity index is 998. The number of aromatic amines is 2. The van der Waals surface area contributed by atoms with Crippen molar-refractivity contribution in [3.63, 3.8) is 0 Å². The summed E-state index contributed by atoms with van der Waals surface area (Å²) in [6, 6.07) is 4.71. The first kappa shape index (κ1) is 36.6. The maximum Gasteiger partial charge on any atom is 0.242 e. The summed E-state index contributed by atoms with van der Waals surface area (Å²) in [5.41, 5.74) is 5.18. The van der Waals surface area contributed by atoms with Crippen LogP contribution in [0.4, 0.5) is 0 Å². The second kappa shape index (κ2) is 24.4. The molecule has 2 aromatic heterocycles. The van der Waals surface area contributed by atoms with E-state index in [1.54, 1.807) is 0 Å². The fraction of sp³-hybridized carbons (Fsp3) is 0.800. The minimum Gasteiger partial charge on any atom is -0.243 e. The molecule has 0 radical (unpaired) electrons. The van der Waals surface area contributed by atoms with Crippen LogP contribution in [0.2, 0.25) is 0 Å². The Kier molecular flexibility index (Phi) is 20.3. The van der Waals surface area contributed by atoms with Gasteiger partial charge in [0.1, 0.15) is 0 Å². The molecule has 0 saturated carbocycles. The van der Waals surface area contributed by atoms with Crippen LogP contribution in [0.25, 0.3) is 22.1 Å². The maximum atomic E-state index is 3.52. The van der Waals surface area contributed by atoms with Gasteiger partial charge in [0, 0.05) is 12.1 Å². The number of benzene rings is 1. The number of hydrogen-bond acceptors (Lipinski definition) is 0. The van der Waals surface area contributed by atoms with Gasteiger partial charge in [-0.3, -0.25) is 0 Å². The van der Waals surface area contributed by atoms with E-state index in [2.05, 4.69) is 57.7 Å². The molecule has 0 atom stereocenters. The predicted octanol–water partition coefficient (Wildman–Crippen LogP) is 12.2. The second-order valence-corrected chi connectivity index (χ2v) is 14.0. The van der Waals surface area contributed by atoms with Crippen LogP contribution in [0.5, 0.6) is 0 Å². The molecule has 0 aliphatic carbocycles. The van der Waals surface area contributed by atoms with Crippen LogP contribution >= 0.6 is 0 Å². The second-order valence-electron chi connectivity index (χ2n) is 14.0. The monoisotopic (exact) mass is 609 g/mol. The number of nitrogens with zero attached hydrogens (tertiary/aromatic N) is 2. The summed E-state index contributed by atoms with van der Waals surface area (Å²) in [5.74, 6) is 0. The van der Waals surface area contributed by atoms with Crippen LogP contribution in [0.3, 0.4) is 0 Å². The van der Waals surface area contributed by atoms with Crippen LogP contribution in [0.15, 0.2) is 24.8 Å². The minimum atomic E-state index is 1.12. The molecule has 250 valence electrons. The Labute approximate surface area is 272 Å². The van der Waals surface area contributed by atoms with E-state index in [4.69, 9.17) is 0 Å². The van der Waals surface area contributed by atoms with Crippen molar-refractivity contribution in [2.24, 2.45) is 0 Å². The number of hydrogen-bond donors (Lipinski definition) is 2. The summed E-state index contributed by atoms with van der Waals surface area (Å²) in [4.78, 5) is 7.04. The summed E-state index contributed by atoms with van der Waals surface area (Å²) >= 11 is 0. The van der Waals surface area contributed by atoms with Gasteiger partial charge in [-0.2, -0.15) is 0 Å². The van der Waals surface area contributed by atoms with Gasteiger partial charge in [0.2, 0.25) is 12.7 Å². The minimum absolute atomic E-state index is 1.12. The lowest BCUT2D eigenvalue weighted by atomic mass is 10.0. The van der Waals surface area contributed by atoms with Gasteiger partial charge in [-0.1, -0.05) is 168 Å². The summed E-state index contributed by atoms with van der Waals surface area (Å²) in [5, 5.41) is 0. The number of rotatable bonds is 30. The average Bonchev–Trinajstić information content (AvgIpc) is 3.63. The van der Waals surface area contributed by atoms with E-state index in [0.29, 0.717) is 0 Å². The number of unbranched alkanes of at least 4 members (excludes halogenated alkanes) is 26. The number of imidazole rings is 2. The largest absolute Gasteiger partial charge is 0.243 e. The summed E-state index contributed by atoms with van der Waals surface area (Å²) in [6.45, 7) is 6.84. The Morgan fingerprint density at radius 2 is 0.636 bits per heavy atom. The van der Waals surface area contributed by atoms with Gasteiger partial charge in [-0.05, 0) is 25.7 Å². The molecule has 0 amide bonds. The molecule has 0 spiro atoms. The highest BCUT2D eigenvalue weighted by Gasteiger charge is 2.17. The van der Waals surface area contributed by atoms with Crippen molar-refractivity contribution in [1.29, 1.82) is 0 Å². The topological polar surface area (TPSA) is 39.3 Å². The third kappa shape index (κ3) is 15.0. The number of H-pyrrole nitrogens is 2. The molecule has 0 fully saturated rings. The molecule has 0 saturated heterocycles. The Balaban J connectivity index is 1.23. The SMILES string of the molecule is CCCCCCCCCCCCCCCC[n+]1c[nH]c2cc3[nH]c[n+](CCCCCCCCCCCCCCCC)c3cc21. The van der Waals surface area contributed by atoms with E-state index >= 15 is 0 Å². The van der Waals surface area contributed by atoms with E-state index in [1.165, 1.54) is 202 Å². The first-order valence-electron chi connectivity index (χ1n) is 19.7. The molecular weight excluding hydrogens is 536 g/mol. The van der Waals surface area contributed by atoms with Gasteiger partial charge in [0.15, 0.2) is 22.1 Å². The van der Waals surface area contributed by atoms with E-state index in [1.807, 2.05) is 0 Å². The van der Waals surface area contributed by atoms with Crippen molar-refractivity contribution >= 4 is 22.1 Å². The van der Waals surface area contributed by atoms with Crippen molar-refractivity contribution in [2.75, 3.05) is 0 Å². The van der Waals surface area contributed by atoms with Gasteiger partial charge >= 0.3 is 0 Å². The van der Waals surface area contributed by atoms with E-state index in [9.17, 15) is 0 Å². The molecule has 0 aliphatic heterocycles. The zero-order valence-electron chi connectivity index (χ0n) is 29.4. The van der Waals surface area contributed by atoms with Gasteiger partial charge < -0.3 is 0 Å². The highest BCUT2D eigenvalue weighted by Crippen LogP contribution is 2.18. The normalized spacial score (nSPS) is 11.9. The van der Waals surface area contributed by atoms with Crippen LogP contribution in [0.1, 0.15) is 194 Å². The highest BCUT2D eigenvalue weighted by atomic mass is 15.1. The van der Waals surface area contributed by atoms with E-state index in [-0.39, 0.29) is 0 Å². The molecule has 4 nitrogen and oxygen atoms in total. The highest BCUT2D eigenvalue weighted by molar-refractivity contribution is 5.87. The van der Waals surface area contributed by atoms with Crippen molar-refractivity contribution in [1.82, 2.24) is 9.97 Å². The van der Waals surface area contributed by atoms with Gasteiger partial charge in [0.25, 0.3) is 0 Å². The number of fused-ring (bicyclic) bond motifs is 2. The van der Waals surface area contributed by atoms with Crippen molar-refractivity contribution < 1.29 is 9.13 Å². The van der Waals surface area contributed by atoms with Crippen molar-refractivity contribution in [2.45, 2.75) is 207 Å². The molecule has 0 bridgehead atoms. The average molecular weight is 609 g/mol. The first-order valence-corrected chi connectivity index (χ1v) is 19.7. The number of aryl methyl sites for hydroxylation is 2. The zero-order valence-corrected chi connectivity index (χ0v) is 29.4. The summed E-state index contributed by atoms with van der Waals surface area (Å²) in [6.07, 6.45) is 44.0. The van der Waals surface area contributed by atoms with Crippen molar-refractivity contribution in [3.05, 3.63) is 24.8 Å². The maximum absolute atomic E-state index is 3.52. The predicted molar refractivity (Wildman–Crippen MR) is 191 cm³/mol. The zero-order chi connectivity index (χ0) is 30.9. The fourth-order valence-electron chi connectivity index (χ4n) is 7.04. The number of aromatic nitrogens is 4. The molecule has 2 heterocycles. The standard InChI is InChI=1S/C40H70N4/c1-3-5-7-9-11-13-15-17-19-21-23-25-27-29-31-43-35-41-37-33-38-40(34-39(37)43)44(36-42-38)32-30-28-26-24-22-20-18-16-14-12-10-8-6-4-2/h33-36H,3-32H2,1-2H3/p+2. The molecular formula is C40H72N4+2. The van der Waals surface area contributed by atoms with Gasteiger partial charge in [-0.15, -0.1) is 0 Å². The lowest BCUT2D eigenvalue weighted by Gasteiger charge is -2.03. The molecule has 0 unspecified atom stereocenters. The Hall–Kier alpha value is -1.84. The van der Waals surface area contributed by atoms with Crippen LogP contribution < -0.4 is 9.13 Å². The van der Waals surface area contributed by atoms with Crippen LogP contribution in [0, 0.1) is 0 Å². The van der Waals surface area contributed by atoms with E-state index in [0.717, 1.165) is 13.1 Å². The molecule has 4 heteroatoms. The third-order valence-electron chi connectivity index (χ3n) is 9.99. The van der Waals surface area contributed by atoms with Crippen LogP contribution in [-0.4, -0.2) is 9.97 Å². The molecule has 3 aromatic rings. The molecule has 44 heavy (non-hydrogen) atoms. The lowest BCUT2D eigenvalue weighted by molar-refractivity contribution is -0.675. The smallest absolute Gasteiger partial charge is 0.242 e. The van der Waals surface area contributed by atoms with Gasteiger partial charge in [-0.25, -0.2) is 19.1 Å². The fourth-order valence-corrected chi connectivity index (χ4v) is 7.04. The third-order valence-corrected chi connectivity index (χ3v) is 9.99. The van der Waals surface area contributed by atoms with Crippen molar-refractivity contribution in [3.8, 4) is 0 Å². The number of nitrogens with one attached hydrogen (secondary N) is 2.